The highest BCUT2D eigenvalue weighted by atomic mass is 31.0. The van der Waals surface area contributed by atoms with Crippen LogP contribution in [0.5, 0.6) is 0 Å². The Morgan fingerprint density at radius 3 is 1.75 bits per heavy atom. The third kappa shape index (κ3) is 5.95. The van der Waals surface area contributed by atoms with Gasteiger partial charge in [-0.05, 0) is 125 Å². The molecule has 8 atom stereocenters. The van der Waals surface area contributed by atoms with E-state index in [1.54, 1.807) is 0 Å². The summed E-state index contributed by atoms with van der Waals surface area (Å²) < 4.78 is 43.2. The standard InChI is InChI=1S/C28H46F3P/c1-2-3-4-18-5-7-19(8-6-18)20-9-11-21(12-10-20)22-13-14-24(25(29)15-22)23-16-26(30)28(31)27(32)17-23/h2,18-28H,1,3-17,32H2. The third-order valence-electron chi connectivity index (χ3n) is 10.1. The van der Waals surface area contributed by atoms with Gasteiger partial charge in [0.05, 0.1) is 0 Å². The molecule has 0 aromatic heterocycles. The fourth-order valence-electron chi connectivity index (χ4n) is 8.13. The molecule has 0 nitrogen and oxygen atoms in total. The second kappa shape index (κ2) is 11.6. The molecule has 4 saturated carbocycles. The molecule has 4 fully saturated rings. The lowest BCUT2D eigenvalue weighted by molar-refractivity contribution is 0.00675. The van der Waals surface area contributed by atoms with Crippen LogP contribution < -0.4 is 0 Å². The predicted octanol–water partition coefficient (Wildman–Crippen LogP) is 8.65. The zero-order chi connectivity index (χ0) is 22.7. The Morgan fingerprint density at radius 2 is 1.19 bits per heavy atom. The molecule has 32 heavy (non-hydrogen) atoms. The molecule has 4 rings (SSSR count). The van der Waals surface area contributed by atoms with Gasteiger partial charge in [0.2, 0.25) is 0 Å². The van der Waals surface area contributed by atoms with Crippen LogP contribution in [-0.4, -0.2) is 24.2 Å². The third-order valence-corrected chi connectivity index (χ3v) is 10.8. The van der Waals surface area contributed by atoms with Crippen molar-refractivity contribution in [2.24, 2.45) is 41.4 Å². The van der Waals surface area contributed by atoms with Crippen LogP contribution >= 0.6 is 9.24 Å². The van der Waals surface area contributed by atoms with Crippen molar-refractivity contribution in [2.45, 2.75) is 120 Å². The smallest absolute Gasteiger partial charge is 0.137 e. The van der Waals surface area contributed by atoms with E-state index in [1.807, 2.05) is 0 Å². The largest absolute Gasteiger partial charge is 0.247 e. The minimum absolute atomic E-state index is 0.0211. The molecule has 184 valence electrons. The van der Waals surface area contributed by atoms with Crippen LogP contribution in [0.1, 0.15) is 96.3 Å². The molecule has 0 aliphatic heterocycles. The number of hydrogen-bond acceptors (Lipinski definition) is 0. The van der Waals surface area contributed by atoms with E-state index < -0.39 is 18.5 Å². The van der Waals surface area contributed by atoms with Crippen molar-refractivity contribution in [1.82, 2.24) is 0 Å². The molecule has 0 aromatic rings. The minimum atomic E-state index is -1.41. The van der Waals surface area contributed by atoms with Gasteiger partial charge < -0.3 is 0 Å². The van der Waals surface area contributed by atoms with Crippen LogP contribution in [0, 0.1) is 41.4 Å². The molecule has 4 aliphatic rings. The van der Waals surface area contributed by atoms with Crippen LogP contribution in [0.4, 0.5) is 13.2 Å². The van der Waals surface area contributed by atoms with Crippen molar-refractivity contribution in [3.63, 3.8) is 0 Å². The van der Waals surface area contributed by atoms with Crippen molar-refractivity contribution in [2.75, 3.05) is 0 Å². The summed E-state index contributed by atoms with van der Waals surface area (Å²) in [4.78, 5) is 0. The molecule has 0 bridgehead atoms. The van der Waals surface area contributed by atoms with E-state index >= 15 is 4.39 Å². The van der Waals surface area contributed by atoms with Gasteiger partial charge in [-0.2, -0.15) is 0 Å². The fourth-order valence-corrected chi connectivity index (χ4v) is 8.72. The number of hydrogen-bond donors (Lipinski definition) is 0. The Hall–Kier alpha value is -0.0400. The van der Waals surface area contributed by atoms with Gasteiger partial charge in [-0.1, -0.05) is 18.9 Å². The highest BCUT2D eigenvalue weighted by molar-refractivity contribution is 7.17. The second-order valence-corrected chi connectivity index (χ2v) is 12.8. The SMILES string of the molecule is C=CCCC1CCC(C2CCC(C3CCC(C4CC(F)C(F)C(P)C4)C(F)C3)CC2)CC1. The normalized spacial score (nSPS) is 48.3. The highest BCUT2D eigenvalue weighted by Gasteiger charge is 2.44. The molecule has 8 unspecified atom stereocenters. The first kappa shape index (κ1) is 25.1. The van der Waals surface area contributed by atoms with E-state index in [9.17, 15) is 8.78 Å². The van der Waals surface area contributed by atoms with Gasteiger partial charge in [0.25, 0.3) is 0 Å². The maximum absolute atomic E-state index is 15.3. The molecule has 0 heterocycles. The van der Waals surface area contributed by atoms with Gasteiger partial charge in [0, 0.05) is 5.66 Å². The first-order chi connectivity index (χ1) is 15.5. The molecule has 4 aliphatic carbocycles. The fraction of sp³-hybridized carbons (Fsp3) is 0.929. The summed E-state index contributed by atoms with van der Waals surface area (Å²) in [6.07, 6.45) is 15.4. The van der Waals surface area contributed by atoms with Crippen molar-refractivity contribution < 1.29 is 13.2 Å². The first-order valence-corrected chi connectivity index (χ1v) is 14.4. The van der Waals surface area contributed by atoms with Crippen molar-refractivity contribution >= 4 is 9.24 Å². The summed E-state index contributed by atoms with van der Waals surface area (Å²) in [7, 11) is 2.47. The van der Waals surface area contributed by atoms with Crippen molar-refractivity contribution in [1.29, 1.82) is 0 Å². The number of alkyl halides is 3. The van der Waals surface area contributed by atoms with E-state index in [2.05, 4.69) is 21.9 Å². The van der Waals surface area contributed by atoms with E-state index in [0.29, 0.717) is 24.7 Å². The lowest BCUT2D eigenvalue weighted by Gasteiger charge is -2.45. The zero-order valence-electron chi connectivity index (χ0n) is 20.0. The summed E-state index contributed by atoms with van der Waals surface area (Å²) in [5, 5.41) is 0. The summed E-state index contributed by atoms with van der Waals surface area (Å²) in [5.74, 6) is 3.94. The van der Waals surface area contributed by atoms with Crippen LogP contribution in [0.3, 0.4) is 0 Å². The van der Waals surface area contributed by atoms with E-state index in [4.69, 9.17) is 0 Å². The Bertz CT molecular complexity index is 569. The van der Waals surface area contributed by atoms with E-state index in [0.717, 1.165) is 30.6 Å². The second-order valence-electron chi connectivity index (χ2n) is 11.9. The molecule has 0 amide bonds. The average Bonchev–Trinajstić information content (AvgIpc) is 2.81. The molecule has 4 heteroatoms. The van der Waals surface area contributed by atoms with Crippen LogP contribution in [0.25, 0.3) is 0 Å². The molecular formula is C28H46F3P. The van der Waals surface area contributed by atoms with Gasteiger partial charge in [0.1, 0.15) is 18.5 Å². The van der Waals surface area contributed by atoms with Gasteiger partial charge in [-0.25, -0.2) is 13.2 Å². The molecule has 0 N–H and O–H groups in total. The van der Waals surface area contributed by atoms with Gasteiger partial charge in [0.15, 0.2) is 0 Å². The number of rotatable bonds is 6. The average molecular weight is 471 g/mol. The maximum Gasteiger partial charge on any atom is 0.137 e. The van der Waals surface area contributed by atoms with Crippen LogP contribution in [-0.2, 0) is 0 Å². The molecule has 0 aromatic carbocycles. The van der Waals surface area contributed by atoms with Gasteiger partial charge in [-0.3, -0.25) is 0 Å². The van der Waals surface area contributed by atoms with Crippen molar-refractivity contribution in [3.05, 3.63) is 12.7 Å². The van der Waals surface area contributed by atoms with Gasteiger partial charge in [-0.15, -0.1) is 15.8 Å². The molecule has 0 radical (unpaired) electrons. The molecule has 0 saturated heterocycles. The number of allylic oxidation sites excluding steroid dienone is 1. The Labute approximate surface area is 197 Å². The van der Waals surface area contributed by atoms with Gasteiger partial charge >= 0.3 is 0 Å². The lowest BCUT2D eigenvalue weighted by atomic mass is 9.63. The van der Waals surface area contributed by atoms with Crippen LogP contribution in [0.2, 0.25) is 0 Å². The first-order valence-electron chi connectivity index (χ1n) is 13.7. The quantitative estimate of drug-likeness (QED) is 0.269. The minimum Gasteiger partial charge on any atom is -0.247 e. The molecular weight excluding hydrogens is 424 g/mol. The zero-order valence-corrected chi connectivity index (χ0v) is 21.1. The highest BCUT2D eigenvalue weighted by Crippen LogP contribution is 2.49. The summed E-state index contributed by atoms with van der Waals surface area (Å²) in [6.45, 7) is 3.87. The maximum atomic E-state index is 15.3. The summed E-state index contributed by atoms with van der Waals surface area (Å²) in [5.41, 5.74) is -0.346. The predicted molar refractivity (Wildman–Crippen MR) is 132 cm³/mol. The number of halogens is 3. The Kier molecular flexibility index (Phi) is 9.08. The lowest BCUT2D eigenvalue weighted by Crippen LogP contribution is -2.43. The van der Waals surface area contributed by atoms with E-state index in [-0.39, 0.29) is 23.9 Å². The molecule has 0 spiro atoms. The monoisotopic (exact) mass is 470 g/mol. The summed E-state index contributed by atoms with van der Waals surface area (Å²) >= 11 is 0. The van der Waals surface area contributed by atoms with Crippen molar-refractivity contribution in [3.8, 4) is 0 Å². The Morgan fingerprint density at radius 1 is 0.656 bits per heavy atom. The summed E-state index contributed by atoms with van der Waals surface area (Å²) in [6, 6.07) is 0. The topological polar surface area (TPSA) is 0 Å². The van der Waals surface area contributed by atoms with Crippen LogP contribution in [0.15, 0.2) is 12.7 Å². The van der Waals surface area contributed by atoms with E-state index in [1.165, 1.54) is 64.2 Å². The Balaban J connectivity index is 1.20.